The largest absolute Gasteiger partial charge is 0.299 e. The van der Waals surface area contributed by atoms with E-state index in [0.717, 1.165) is 15.6 Å². The fourth-order valence-electron chi connectivity index (χ4n) is 1.50. The summed E-state index contributed by atoms with van der Waals surface area (Å²) in [5.74, 6) is 0.200. The van der Waals surface area contributed by atoms with Crippen LogP contribution in [0.4, 0.5) is 0 Å². The first-order chi connectivity index (χ1) is 6.09. The van der Waals surface area contributed by atoms with Gasteiger partial charge in [-0.3, -0.25) is 4.79 Å². The second kappa shape index (κ2) is 3.26. The third-order valence-corrected chi connectivity index (χ3v) is 3.88. The van der Waals surface area contributed by atoms with Crippen molar-refractivity contribution in [3.8, 4) is 0 Å². The lowest BCUT2D eigenvalue weighted by Gasteiger charge is -2.05. The summed E-state index contributed by atoms with van der Waals surface area (Å²) in [6.07, 6.45) is 0.895. The number of rotatable bonds is 0. The van der Waals surface area contributed by atoms with E-state index in [4.69, 9.17) is 23.2 Å². The lowest BCUT2D eigenvalue weighted by atomic mass is 10.1. The van der Waals surface area contributed by atoms with Crippen LogP contribution in [-0.4, -0.2) is 5.78 Å². The molecule has 0 fully saturated rings. The molecule has 0 saturated heterocycles. The van der Waals surface area contributed by atoms with Gasteiger partial charge < -0.3 is 0 Å². The molecular formula is C9H5BrCl2O. The van der Waals surface area contributed by atoms with E-state index in [1.54, 1.807) is 0 Å². The monoisotopic (exact) mass is 278 g/mol. The standard InChI is InChI=1S/C9H5BrCl2O/c10-7-2-4-1-5(13)3-6(4)8(11)9(7)12/h2H,1,3H2. The second-order valence-corrected chi connectivity index (χ2v) is 4.63. The number of halogens is 3. The van der Waals surface area contributed by atoms with Crippen LogP contribution >= 0.6 is 39.1 Å². The molecule has 0 aromatic heterocycles. The van der Waals surface area contributed by atoms with Gasteiger partial charge in [0.05, 0.1) is 10.0 Å². The maximum atomic E-state index is 11.2. The molecule has 0 radical (unpaired) electrons. The van der Waals surface area contributed by atoms with Crippen molar-refractivity contribution in [2.24, 2.45) is 0 Å². The molecule has 0 bridgehead atoms. The summed E-state index contributed by atoms with van der Waals surface area (Å²) in [5, 5.41) is 1.01. The lowest BCUT2D eigenvalue weighted by Crippen LogP contribution is -1.92. The minimum absolute atomic E-state index is 0.200. The molecule has 0 amide bonds. The predicted molar refractivity (Wildman–Crippen MR) is 56.6 cm³/mol. The molecule has 0 saturated carbocycles. The van der Waals surface area contributed by atoms with Crippen LogP contribution in [0.15, 0.2) is 10.5 Å². The van der Waals surface area contributed by atoms with E-state index in [1.807, 2.05) is 6.07 Å². The van der Waals surface area contributed by atoms with Gasteiger partial charge in [-0.2, -0.15) is 0 Å². The summed E-state index contributed by atoms with van der Waals surface area (Å²) in [7, 11) is 0. The summed E-state index contributed by atoms with van der Waals surface area (Å²) in [6.45, 7) is 0. The van der Waals surface area contributed by atoms with Gasteiger partial charge in [-0.1, -0.05) is 23.2 Å². The van der Waals surface area contributed by atoms with Crippen molar-refractivity contribution in [1.82, 2.24) is 0 Å². The lowest BCUT2D eigenvalue weighted by molar-refractivity contribution is -0.117. The third kappa shape index (κ3) is 1.51. The van der Waals surface area contributed by atoms with Crippen molar-refractivity contribution in [3.63, 3.8) is 0 Å². The number of benzene rings is 1. The van der Waals surface area contributed by atoms with Crippen LogP contribution < -0.4 is 0 Å². The maximum absolute atomic E-state index is 11.2. The van der Waals surface area contributed by atoms with Crippen molar-refractivity contribution in [2.45, 2.75) is 12.8 Å². The van der Waals surface area contributed by atoms with Gasteiger partial charge in [-0.25, -0.2) is 0 Å². The number of ketones is 1. The Bertz CT molecular complexity index is 401. The van der Waals surface area contributed by atoms with E-state index in [0.29, 0.717) is 22.9 Å². The van der Waals surface area contributed by atoms with Crippen LogP contribution in [0.2, 0.25) is 10.0 Å². The highest BCUT2D eigenvalue weighted by Gasteiger charge is 2.23. The van der Waals surface area contributed by atoms with Crippen molar-refractivity contribution >= 4 is 44.9 Å². The smallest absolute Gasteiger partial charge is 0.141 e. The van der Waals surface area contributed by atoms with E-state index in [-0.39, 0.29) is 5.78 Å². The molecule has 1 aliphatic rings. The Labute approximate surface area is 94.2 Å². The Balaban J connectivity index is 2.66. The van der Waals surface area contributed by atoms with Crippen molar-refractivity contribution in [3.05, 3.63) is 31.7 Å². The Morgan fingerprint density at radius 1 is 1.23 bits per heavy atom. The summed E-state index contributed by atoms with van der Waals surface area (Å²) >= 11 is 15.2. The Kier molecular flexibility index (Phi) is 2.39. The van der Waals surface area contributed by atoms with Crippen LogP contribution in [0.1, 0.15) is 11.1 Å². The molecule has 1 nitrogen and oxygen atoms in total. The Morgan fingerprint density at radius 3 is 2.62 bits per heavy atom. The molecule has 1 aromatic rings. The maximum Gasteiger partial charge on any atom is 0.141 e. The van der Waals surface area contributed by atoms with Gasteiger partial charge in [0.25, 0.3) is 0 Å². The molecule has 0 spiro atoms. The number of hydrogen-bond donors (Lipinski definition) is 0. The van der Waals surface area contributed by atoms with Crippen molar-refractivity contribution in [2.75, 3.05) is 0 Å². The number of Topliss-reactive ketones (excluding diaryl/α,β-unsaturated/α-hetero) is 1. The molecule has 1 aliphatic carbocycles. The normalized spacial score (nSPS) is 14.8. The molecule has 13 heavy (non-hydrogen) atoms. The molecule has 4 heteroatoms. The van der Waals surface area contributed by atoms with Gasteiger partial charge in [0.1, 0.15) is 5.78 Å². The first-order valence-corrected chi connectivity index (χ1v) is 5.31. The molecule has 0 unspecified atom stereocenters. The summed E-state index contributed by atoms with van der Waals surface area (Å²) in [6, 6.07) is 1.87. The molecule has 1 aromatic carbocycles. The molecule has 0 aliphatic heterocycles. The highest BCUT2D eigenvalue weighted by atomic mass is 79.9. The van der Waals surface area contributed by atoms with Crippen LogP contribution in [0.25, 0.3) is 0 Å². The Hall–Kier alpha value is -0.0500. The minimum Gasteiger partial charge on any atom is -0.299 e. The third-order valence-electron chi connectivity index (χ3n) is 2.12. The first kappa shape index (κ1) is 9.50. The van der Waals surface area contributed by atoms with Crippen LogP contribution in [0.3, 0.4) is 0 Å². The number of carbonyl (C=O) groups is 1. The van der Waals surface area contributed by atoms with Gasteiger partial charge in [0.15, 0.2) is 0 Å². The zero-order valence-electron chi connectivity index (χ0n) is 6.53. The summed E-state index contributed by atoms with van der Waals surface area (Å²) in [5.41, 5.74) is 1.88. The van der Waals surface area contributed by atoms with Crippen molar-refractivity contribution in [1.29, 1.82) is 0 Å². The molecule has 0 atom stereocenters. The average molecular weight is 280 g/mol. The first-order valence-electron chi connectivity index (χ1n) is 3.76. The van der Waals surface area contributed by atoms with E-state index in [2.05, 4.69) is 15.9 Å². The predicted octanol–water partition coefficient (Wildman–Crippen LogP) is 3.42. The van der Waals surface area contributed by atoms with Gasteiger partial charge in [0.2, 0.25) is 0 Å². The zero-order valence-corrected chi connectivity index (χ0v) is 9.63. The highest BCUT2D eigenvalue weighted by Crippen LogP contribution is 2.38. The zero-order chi connectivity index (χ0) is 9.59. The van der Waals surface area contributed by atoms with E-state index in [9.17, 15) is 4.79 Å². The van der Waals surface area contributed by atoms with Gasteiger partial charge in [0, 0.05) is 17.3 Å². The van der Waals surface area contributed by atoms with Crippen molar-refractivity contribution < 1.29 is 4.79 Å². The number of fused-ring (bicyclic) bond motifs is 1. The highest BCUT2D eigenvalue weighted by molar-refractivity contribution is 9.10. The summed E-state index contributed by atoms with van der Waals surface area (Å²) < 4.78 is 0.757. The SMILES string of the molecule is O=C1Cc2cc(Br)c(Cl)c(Cl)c2C1. The van der Waals surface area contributed by atoms with Gasteiger partial charge in [-0.05, 0) is 33.1 Å². The molecular weight excluding hydrogens is 275 g/mol. The molecule has 68 valence electrons. The topological polar surface area (TPSA) is 17.1 Å². The van der Waals surface area contributed by atoms with E-state index in [1.165, 1.54) is 0 Å². The number of hydrogen-bond acceptors (Lipinski definition) is 1. The Morgan fingerprint density at radius 2 is 1.92 bits per heavy atom. The quantitative estimate of drug-likeness (QED) is 0.665. The van der Waals surface area contributed by atoms with Gasteiger partial charge in [-0.15, -0.1) is 0 Å². The van der Waals surface area contributed by atoms with Gasteiger partial charge >= 0.3 is 0 Å². The fraction of sp³-hybridized carbons (Fsp3) is 0.222. The summed E-state index contributed by atoms with van der Waals surface area (Å²) in [4.78, 5) is 11.2. The molecule has 0 heterocycles. The fourth-order valence-corrected chi connectivity index (χ4v) is 2.55. The van der Waals surface area contributed by atoms with Crippen LogP contribution in [0.5, 0.6) is 0 Å². The number of carbonyl (C=O) groups excluding carboxylic acids is 1. The van der Waals surface area contributed by atoms with E-state index >= 15 is 0 Å². The average Bonchev–Trinajstić information content (AvgIpc) is 2.42. The van der Waals surface area contributed by atoms with Crippen LogP contribution in [0, 0.1) is 0 Å². The molecule has 0 N–H and O–H groups in total. The second-order valence-electron chi connectivity index (χ2n) is 3.02. The minimum atomic E-state index is 0.200. The molecule has 2 rings (SSSR count). The van der Waals surface area contributed by atoms with E-state index < -0.39 is 0 Å². The van der Waals surface area contributed by atoms with Crippen LogP contribution in [-0.2, 0) is 17.6 Å².